The van der Waals surface area contributed by atoms with E-state index in [-0.39, 0.29) is 35.3 Å². The van der Waals surface area contributed by atoms with Crippen LogP contribution in [0.5, 0.6) is 11.8 Å². The van der Waals surface area contributed by atoms with Crippen molar-refractivity contribution in [3.05, 3.63) is 53.6 Å². The largest absolute Gasteiger partial charge is 0.508 e. The van der Waals surface area contributed by atoms with Crippen molar-refractivity contribution in [3.8, 4) is 22.9 Å². The van der Waals surface area contributed by atoms with Crippen LogP contribution in [0.15, 0.2) is 36.4 Å². The van der Waals surface area contributed by atoms with Gasteiger partial charge in [0.1, 0.15) is 35.7 Å². The van der Waals surface area contributed by atoms with Crippen molar-refractivity contribution >= 4 is 27.5 Å². The average molecular weight is 604 g/mol. The smallest absolute Gasteiger partial charge is 0.319 e. The van der Waals surface area contributed by atoms with Crippen LogP contribution in [0, 0.1) is 11.6 Å². The van der Waals surface area contributed by atoms with Crippen LogP contribution in [0.25, 0.3) is 32.8 Å². The molecule has 8 rings (SSSR count). The summed E-state index contributed by atoms with van der Waals surface area (Å²) in [5, 5.41) is 16.0. The fourth-order valence-electron chi connectivity index (χ4n) is 8.31. The number of piperazine rings is 1. The summed E-state index contributed by atoms with van der Waals surface area (Å²) in [7, 11) is 0. The van der Waals surface area contributed by atoms with Crippen LogP contribution in [0.3, 0.4) is 0 Å². The van der Waals surface area contributed by atoms with E-state index >= 15 is 4.39 Å². The number of halogens is 3. The molecule has 7 nitrogen and oxygen atoms in total. The number of hydrogen-bond acceptors (Lipinski definition) is 7. The minimum absolute atomic E-state index is 0.0348. The molecule has 4 aliphatic rings. The van der Waals surface area contributed by atoms with Crippen molar-refractivity contribution in [1.29, 1.82) is 0 Å². The van der Waals surface area contributed by atoms with Crippen LogP contribution in [0.4, 0.5) is 19.0 Å². The number of ether oxygens (including phenoxy) is 1. The summed E-state index contributed by atoms with van der Waals surface area (Å²) in [6, 6.07) is 10.3. The molecule has 4 saturated heterocycles. The molecule has 0 aliphatic carbocycles. The summed E-state index contributed by atoms with van der Waals surface area (Å²) in [5.74, 6) is -0.375. The zero-order chi connectivity index (χ0) is 30.2. The van der Waals surface area contributed by atoms with Crippen molar-refractivity contribution in [2.75, 3.05) is 37.7 Å². The predicted octanol–water partition coefficient (Wildman–Crippen LogP) is 5.89. The summed E-state index contributed by atoms with van der Waals surface area (Å²) < 4.78 is 52.5. The fourth-order valence-corrected chi connectivity index (χ4v) is 8.31. The molecule has 0 radical (unpaired) electrons. The van der Waals surface area contributed by atoms with E-state index < -0.39 is 17.5 Å². The second-order valence-electron chi connectivity index (χ2n) is 13.0. The van der Waals surface area contributed by atoms with Gasteiger partial charge in [-0.1, -0.05) is 19.1 Å². The first-order valence-corrected chi connectivity index (χ1v) is 15.8. The summed E-state index contributed by atoms with van der Waals surface area (Å²) in [4.78, 5) is 13.8. The number of alkyl halides is 1. The van der Waals surface area contributed by atoms with Crippen molar-refractivity contribution in [2.24, 2.45) is 0 Å². The van der Waals surface area contributed by atoms with Gasteiger partial charge in [-0.2, -0.15) is 9.97 Å². The Kier molecular flexibility index (Phi) is 6.64. The summed E-state index contributed by atoms with van der Waals surface area (Å²) in [6.07, 6.45) is 3.91. The van der Waals surface area contributed by atoms with Crippen LogP contribution >= 0.6 is 0 Å². The van der Waals surface area contributed by atoms with Gasteiger partial charge in [0.15, 0.2) is 5.82 Å². The minimum Gasteiger partial charge on any atom is -0.508 e. The van der Waals surface area contributed by atoms with E-state index in [1.54, 1.807) is 18.2 Å². The number of hydrogen-bond donors (Lipinski definition) is 2. The first-order valence-electron chi connectivity index (χ1n) is 15.8. The highest BCUT2D eigenvalue weighted by atomic mass is 19.1. The lowest BCUT2D eigenvalue weighted by atomic mass is 9.92. The molecular weight excluding hydrogens is 567 g/mol. The Morgan fingerprint density at radius 1 is 1.05 bits per heavy atom. The Labute approximate surface area is 254 Å². The van der Waals surface area contributed by atoms with Crippen molar-refractivity contribution < 1.29 is 23.0 Å². The highest BCUT2D eigenvalue weighted by molar-refractivity contribution is 6.03. The highest BCUT2D eigenvalue weighted by Crippen LogP contribution is 2.42. The molecule has 4 aliphatic heterocycles. The summed E-state index contributed by atoms with van der Waals surface area (Å²) in [5.41, 5.74) is 0.789. The predicted molar refractivity (Wildman–Crippen MR) is 164 cm³/mol. The molecule has 4 aromatic rings. The molecule has 0 spiro atoms. The normalized spacial score (nSPS) is 26.6. The Morgan fingerprint density at radius 3 is 2.66 bits per heavy atom. The molecule has 0 amide bonds. The maximum absolute atomic E-state index is 16.8. The van der Waals surface area contributed by atoms with Crippen LogP contribution in [0.1, 0.15) is 44.6 Å². The van der Waals surface area contributed by atoms with Crippen molar-refractivity contribution in [2.45, 2.75) is 69.2 Å². The number of benzene rings is 3. The standard InChI is InChI=1S/C34H36F3N5O2/c1-2-24-28(36)9-4-19-12-23(43)13-27(29(19)24)25-7-8-26-31(30(25)37)39-33(40-32(26)41-16-21-5-6-22(17-41)38-21)44-18-34-10-3-11-42(34)15-20(35)14-34/h4,7-9,12-13,20-22,38,43H,2-3,5-6,10-11,14-18H2,1H3/t20-,21-,22+,34+/m1/s1. The molecule has 1 aromatic heterocycles. The van der Waals surface area contributed by atoms with Crippen LogP contribution in [0.2, 0.25) is 0 Å². The van der Waals surface area contributed by atoms with Gasteiger partial charge in [-0.25, -0.2) is 13.2 Å². The lowest BCUT2D eigenvalue weighted by Gasteiger charge is -2.34. The lowest BCUT2D eigenvalue weighted by Crippen LogP contribution is -2.51. The molecule has 0 saturated carbocycles. The number of rotatable bonds is 6. The van der Waals surface area contributed by atoms with Gasteiger partial charge in [0, 0.05) is 49.1 Å². The number of nitrogens with one attached hydrogen (secondary N) is 1. The second kappa shape index (κ2) is 10.5. The van der Waals surface area contributed by atoms with Gasteiger partial charge >= 0.3 is 6.01 Å². The zero-order valence-corrected chi connectivity index (χ0v) is 24.8. The third-order valence-electron chi connectivity index (χ3n) is 10.3. The summed E-state index contributed by atoms with van der Waals surface area (Å²) >= 11 is 0. The molecule has 5 heterocycles. The van der Waals surface area contributed by atoms with E-state index in [1.807, 2.05) is 13.0 Å². The monoisotopic (exact) mass is 603 g/mol. The Morgan fingerprint density at radius 2 is 1.86 bits per heavy atom. The summed E-state index contributed by atoms with van der Waals surface area (Å²) in [6.45, 7) is 4.82. The van der Waals surface area contributed by atoms with Crippen LogP contribution in [-0.4, -0.2) is 76.6 Å². The Balaban J connectivity index is 1.27. The van der Waals surface area contributed by atoms with Gasteiger partial charge < -0.3 is 20.1 Å². The quantitative estimate of drug-likeness (QED) is 0.285. The van der Waals surface area contributed by atoms with Gasteiger partial charge in [0.2, 0.25) is 0 Å². The fraction of sp³-hybridized carbons (Fsp3) is 0.471. The maximum atomic E-state index is 16.8. The van der Waals surface area contributed by atoms with Crippen LogP contribution < -0.4 is 15.0 Å². The lowest BCUT2D eigenvalue weighted by molar-refractivity contribution is 0.107. The molecule has 0 unspecified atom stereocenters. The Hall–Kier alpha value is -3.63. The highest BCUT2D eigenvalue weighted by Gasteiger charge is 2.49. The van der Waals surface area contributed by atoms with Gasteiger partial charge in [0.05, 0.1) is 5.54 Å². The number of fused-ring (bicyclic) bond motifs is 5. The van der Waals surface area contributed by atoms with Gasteiger partial charge in [-0.15, -0.1) is 0 Å². The third kappa shape index (κ3) is 4.48. The molecule has 4 atom stereocenters. The van der Waals surface area contributed by atoms with Gasteiger partial charge in [-0.05, 0) is 84.8 Å². The van der Waals surface area contributed by atoms with E-state index in [0.717, 1.165) is 45.3 Å². The van der Waals surface area contributed by atoms with E-state index in [1.165, 1.54) is 12.1 Å². The van der Waals surface area contributed by atoms with E-state index in [2.05, 4.69) is 20.1 Å². The number of aromatic nitrogens is 2. The molecule has 2 bridgehead atoms. The van der Waals surface area contributed by atoms with E-state index in [4.69, 9.17) is 9.72 Å². The van der Waals surface area contributed by atoms with E-state index in [9.17, 15) is 13.9 Å². The van der Waals surface area contributed by atoms with Crippen molar-refractivity contribution in [3.63, 3.8) is 0 Å². The average Bonchev–Trinajstić information content (AvgIpc) is 3.66. The number of phenolic OH excluding ortho intramolecular Hbond substituents is 1. The van der Waals surface area contributed by atoms with Gasteiger partial charge in [-0.3, -0.25) is 4.90 Å². The minimum atomic E-state index is -0.890. The molecule has 230 valence electrons. The van der Waals surface area contributed by atoms with Gasteiger partial charge in [0.25, 0.3) is 0 Å². The molecule has 4 fully saturated rings. The van der Waals surface area contributed by atoms with Crippen molar-refractivity contribution in [1.82, 2.24) is 20.2 Å². The van der Waals surface area contributed by atoms with E-state index in [0.29, 0.717) is 64.6 Å². The zero-order valence-electron chi connectivity index (χ0n) is 24.8. The third-order valence-corrected chi connectivity index (χ3v) is 10.3. The number of aromatic hydroxyl groups is 1. The number of nitrogens with zero attached hydrogens (tertiary/aromatic N) is 4. The molecular formula is C34H36F3N5O2. The number of phenols is 1. The molecule has 3 aromatic carbocycles. The molecule has 2 N–H and O–H groups in total. The van der Waals surface area contributed by atoms with Crippen LogP contribution in [-0.2, 0) is 6.42 Å². The number of aryl methyl sites for hydroxylation is 1. The number of anilines is 1. The first kappa shape index (κ1) is 27.9. The molecule has 44 heavy (non-hydrogen) atoms. The topological polar surface area (TPSA) is 73.8 Å². The Bertz CT molecular complexity index is 1770. The first-order chi connectivity index (χ1) is 21.3. The molecule has 10 heteroatoms. The SMILES string of the molecule is CCc1c(F)ccc2cc(O)cc(-c3ccc4c(N5C[C@H]6CC[C@@H](C5)N6)nc(OC[C@@]56CCCN5C[C@H](F)C6)nc4c3F)c12. The second-order valence-corrected chi connectivity index (χ2v) is 13.0. The maximum Gasteiger partial charge on any atom is 0.319 e.